The molecule has 0 unspecified atom stereocenters. The smallest absolute Gasteiger partial charge is 0.338 e. The van der Waals surface area contributed by atoms with Crippen molar-refractivity contribution in [3.05, 3.63) is 29.8 Å². The van der Waals surface area contributed by atoms with E-state index in [1.165, 1.54) is 25.7 Å². The Kier molecular flexibility index (Phi) is 11.0. The van der Waals surface area contributed by atoms with Gasteiger partial charge >= 0.3 is 5.97 Å². The minimum atomic E-state index is -0.284. The highest BCUT2D eigenvalue weighted by molar-refractivity contribution is 5.89. The first-order valence-corrected chi connectivity index (χ1v) is 8.67. The molecule has 4 nitrogen and oxygen atoms in total. The van der Waals surface area contributed by atoms with Crippen LogP contribution in [0.1, 0.15) is 62.2 Å². The molecule has 0 fully saturated rings. The third kappa shape index (κ3) is 9.24. The number of benzene rings is 1. The Morgan fingerprint density at radius 1 is 0.870 bits per heavy atom. The third-order valence-corrected chi connectivity index (χ3v) is 3.58. The number of unbranched alkanes of at least 4 members (excludes halogenated alkanes) is 5. The van der Waals surface area contributed by atoms with Gasteiger partial charge in [-0.05, 0) is 43.5 Å². The van der Waals surface area contributed by atoms with Gasteiger partial charge in [0.15, 0.2) is 0 Å². The van der Waals surface area contributed by atoms with Gasteiger partial charge in [-0.1, -0.05) is 32.6 Å². The second-order valence-electron chi connectivity index (χ2n) is 5.62. The van der Waals surface area contributed by atoms with Crippen LogP contribution in [0.2, 0.25) is 0 Å². The van der Waals surface area contributed by atoms with Crippen LogP contribution in [0.4, 0.5) is 0 Å². The lowest BCUT2D eigenvalue weighted by Gasteiger charge is -2.08. The van der Waals surface area contributed by atoms with Crippen molar-refractivity contribution in [2.75, 3.05) is 26.9 Å². The molecule has 1 aromatic carbocycles. The van der Waals surface area contributed by atoms with Gasteiger partial charge in [0.25, 0.3) is 0 Å². The lowest BCUT2D eigenvalue weighted by molar-refractivity contribution is 0.0489. The number of rotatable bonds is 13. The van der Waals surface area contributed by atoms with E-state index in [1.807, 2.05) is 12.1 Å². The predicted molar refractivity (Wildman–Crippen MR) is 92.1 cm³/mol. The fourth-order valence-electron chi connectivity index (χ4n) is 2.18. The molecule has 4 heteroatoms. The van der Waals surface area contributed by atoms with Crippen molar-refractivity contribution in [1.82, 2.24) is 0 Å². The van der Waals surface area contributed by atoms with Gasteiger partial charge < -0.3 is 14.2 Å². The summed E-state index contributed by atoms with van der Waals surface area (Å²) in [5.74, 6) is 0.519. The average molecular weight is 322 g/mol. The first-order valence-electron chi connectivity index (χ1n) is 8.67. The molecule has 1 rings (SSSR count). The maximum atomic E-state index is 11.9. The van der Waals surface area contributed by atoms with Crippen LogP contribution in [0.5, 0.6) is 5.75 Å². The third-order valence-electron chi connectivity index (χ3n) is 3.58. The summed E-state index contributed by atoms with van der Waals surface area (Å²) < 4.78 is 15.8. The molecule has 0 radical (unpaired) electrons. The van der Waals surface area contributed by atoms with Gasteiger partial charge in [-0.2, -0.15) is 0 Å². The van der Waals surface area contributed by atoms with Gasteiger partial charge in [0.1, 0.15) is 5.75 Å². The van der Waals surface area contributed by atoms with Crippen LogP contribution in [0.15, 0.2) is 24.3 Å². The molecule has 0 aromatic heterocycles. The molecule has 0 spiro atoms. The summed E-state index contributed by atoms with van der Waals surface area (Å²) >= 11 is 0. The fraction of sp³-hybridized carbons (Fsp3) is 0.632. The molecule has 0 N–H and O–H groups in total. The summed E-state index contributed by atoms with van der Waals surface area (Å²) in [5.41, 5.74) is 0.562. The van der Waals surface area contributed by atoms with Crippen molar-refractivity contribution in [1.29, 1.82) is 0 Å². The van der Waals surface area contributed by atoms with Crippen LogP contribution >= 0.6 is 0 Å². The zero-order valence-electron chi connectivity index (χ0n) is 14.5. The van der Waals surface area contributed by atoms with Crippen molar-refractivity contribution < 1.29 is 19.0 Å². The van der Waals surface area contributed by atoms with Crippen LogP contribution in [-0.2, 0) is 9.47 Å². The lowest BCUT2D eigenvalue weighted by atomic mass is 10.2. The van der Waals surface area contributed by atoms with Gasteiger partial charge in [-0.3, -0.25) is 0 Å². The van der Waals surface area contributed by atoms with Crippen LogP contribution in [-0.4, -0.2) is 32.9 Å². The van der Waals surface area contributed by atoms with Crippen LogP contribution in [0.3, 0.4) is 0 Å². The molecule has 0 heterocycles. The normalized spacial score (nSPS) is 10.5. The van der Waals surface area contributed by atoms with E-state index in [9.17, 15) is 4.79 Å². The quantitative estimate of drug-likeness (QED) is 0.393. The Hall–Kier alpha value is -1.55. The van der Waals surface area contributed by atoms with E-state index >= 15 is 0 Å². The van der Waals surface area contributed by atoms with Crippen molar-refractivity contribution in [3.63, 3.8) is 0 Å². The van der Waals surface area contributed by atoms with Gasteiger partial charge in [-0.25, -0.2) is 4.79 Å². The number of esters is 1. The number of ether oxygens (including phenoxy) is 3. The highest BCUT2D eigenvalue weighted by Gasteiger charge is 2.06. The van der Waals surface area contributed by atoms with Crippen LogP contribution < -0.4 is 4.74 Å². The molecular weight excluding hydrogens is 292 g/mol. The monoisotopic (exact) mass is 322 g/mol. The van der Waals surface area contributed by atoms with Crippen molar-refractivity contribution in [2.24, 2.45) is 0 Å². The van der Waals surface area contributed by atoms with Gasteiger partial charge in [0.2, 0.25) is 0 Å². The summed E-state index contributed by atoms with van der Waals surface area (Å²) in [6.45, 7) is 4.07. The van der Waals surface area contributed by atoms with Crippen LogP contribution in [0, 0.1) is 0 Å². The minimum Gasteiger partial charge on any atom is -0.494 e. The number of methoxy groups -OCH3 is 1. The van der Waals surface area contributed by atoms with E-state index in [-0.39, 0.29) is 5.97 Å². The first-order chi connectivity index (χ1) is 11.3. The molecule has 0 aliphatic carbocycles. The summed E-state index contributed by atoms with van der Waals surface area (Å²) in [4.78, 5) is 11.9. The molecule has 0 aliphatic heterocycles. The highest BCUT2D eigenvalue weighted by atomic mass is 16.5. The summed E-state index contributed by atoms with van der Waals surface area (Å²) in [7, 11) is 1.67. The van der Waals surface area contributed by atoms with Crippen molar-refractivity contribution >= 4 is 5.97 Å². The zero-order chi connectivity index (χ0) is 16.8. The molecule has 0 saturated heterocycles. The van der Waals surface area contributed by atoms with Crippen molar-refractivity contribution in [3.8, 4) is 5.75 Å². The van der Waals surface area contributed by atoms with Gasteiger partial charge in [0.05, 0.1) is 18.8 Å². The number of carbonyl (C=O) groups is 1. The van der Waals surface area contributed by atoms with Crippen LogP contribution in [0.25, 0.3) is 0 Å². The van der Waals surface area contributed by atoms with E-state index < -0.39 is 0 Å². The molecule has 0 atom stereocenters. The molecular formula is C19H30O4. The lowest BCUT2D eigenvalue weighted by Crippen LogP contribution is -2.07. The molecule has 23 heavy (non-hydrogen) atoms. The Bertz CT molecular complexity index is 414. The molecule has 0 saturated carbocycles. The van der Waals surface area contributed by atoms with E-state index in [4.69, 9.17) is 14.2 Å². The summed E-state index contributed by atoms with van der Waals surface area (Å²) in [5, 5.41) is 0. The highest BCUT2D eigenvalue weighted by Crippen LogP contribution is 2.14. The van der Waals surface area contributed by atoms with Crippen molar-refractivity contribution in [2.45, 2.75) is 51.9 Å². The zero-order valence-corrected chi connectivity index (χ0v) is 14.5. The number of hydrogen-bond donors (Lipinski definition) is 0. The van der Waals surface area contributed by atoms with Gasteiger partial charge in [-0.15, -0.1) is 0 Å². The first kappa shape index (κ1) is 19.5. The predicted octanol–water partition coefficient (Wildman–Crippen LogP) is 4.62. The van der Waals surface area contributed by atoms with E-state index in [0.29, 0.717) is 18.8 Å². The molecule has 0 amide bonds. The SMILES string of the molecule is CCCCCCCOc1ccc(C(=O)OCCCCOC)cc1. The fourth-order valence-corrected chi connectivity index (χ4v) is 2.18. The Morgan fingerprint density at radius 3 is 2.22 bits per heavy atom. The summed E-state index contributed by atoms with van der Waals surface area (Å²) in [6, 6.07) is 7.16. The second-order valence-corrected chi connectivity index (χ2v) is 5.62. The number of carbonyl (C=O) groups excluding carboxylic acids is 1. The average Bonchev–Trinajstić information content (AvgIpc) is 2.58. The molecule has 130 valence electrons. The van der Waals surface area contributed by atoms with E-state index in [2.05, 4.69) is 6.92 Å². The standard InChI is InChI=1S/C19H30O4/c1-3-4-5-6-7-15-22-18-12-10-17(11-13-18)19(20)23-16-9-8-14-21-2/h10-13H,3-9,14-16H2,1-2H3. The molecule has 0 bridgehead atoms. The second kappa shape index (κ2) is 12.9. The minimum absolute atomic E-state index is 0.284. The maximum Gasteiger partial charge on any atom is 0.338 e. The largest absolute Gasteiger partial charge is 0.494 e. The number of hydrogen-bond acceptors (Lipinski definition) is 4. The van der Waals surface area contributed by atoms with E-state index in [0.717, 1.165) is 31.6 Å². The summed E-state index contributed by atoms with van der Waals surface area (Å²) in [6.07, 6.45) is 7.82. The Morgan fingerprint density at radius 2 is 1.52 bits per heavy atom. The Balaban J connectivity index is 2.20. The Labute approximate surface area is 140 Å². The molecule has 1 aromatic rings. The van der Waals surface area contributed by atoms with E-state index in [1.54, 1.807) is 19.2 Å². The van der Waals surface area contributed by atoms with Gasteiger partial charge in [0, 0.05) is 13.7 Å². The topological polar surface area (TPSA) is 44.8 Å². The maximum absolute atomic E-state index is 11.9. The molecule has 0 aliphatic rings.